The Balaban J connectivity index is 1.77. The van der Waals surface area contributed by atoms with E-state index in [2.05, 4.69) is 30.0 Å². The predicted octanol–water partition coefficient (Wildman–Crippen LogP) is 3.79. The van der Waals surface area contributed by atoms with Gasteiger partial charge in [0.15, 0.2) is 0 Å². The van der Waals surface area contributed by atoms with E-state index in [1.54, 1.807) is 0 Å². The van der Waals surface area contributed by atoms with Gasteiger partial charge < -0.3 is 5.73 Å². The highest BCUT2D eigenvalue weighted by Gasteiger charge is 2.17. The average molecular weight is 287 g/mol. The molecule has 20 heavy (non-hydrogen) atoms. The summed E-state index contributed by atoms with van der Waals surface area (Å²) in [5.74, 6) is 0. The summed E-state index contributed by atoms with van der Waals surface area (Å²) < 4.78 is 0. The molecule has 3 rings (SSSR count). The Morgan fingerprint density at radius 2 is 2.00 bits per heavy atom. The molecule has 1 aliphatic rings. The van der Waals surface area contributed by atoms with Gasteiger partial charge >= 0.3 is 0 Å². The average Bonchev–Trinajstić information content (AvgIpc) is 2.41. The molecule has 104 valence electrons. The van der Waals surface area contributed by atoms with Crippen LogP contribution in [0.3, 0.4) is 0 Å². The van der Waals surface area contributed by atoms with Crippen LogP contribution in [0.15, 0.2) is 36.4 Å². The lowest BCUT2D eigenvalue weighted by atomic mass is 9.97. The Bertz CT molecular complexity index is 637. The topological polar surface area (TPSA) is 29.3 Å². The van der Waals surface area contributed by atoms with Crippen molar-refractivity contribution in [3.05, 3.63) is 63.7 Å². The first kappa shape index (κ1) is 13.5. The van der Waals surface area contributed by atoms with Gasteiger partial charge in [0.25, 0.3) is 0 Å². The summed E-state index contributed by atoms with van der Waals surface area (Å²) in [4.78, 5) is 2.44. The number of benzene rings is 2. The molecule has 0 fully saturated rings. The minimum Gasteiger partial charge on any atom is -0.399 e. The maximum atomic E-state index is 6.27. The Kier molecular flexibility index (Phi) is 3.68. The van der Waals surface area contributed by atoms with Gasteiger partial charge in [-0.3, -0.25) is 4.90 Å². The molecular weight excluding hydrogens is 268 g/mol. The van der Waals surface area contributed by atoms with E-state index >= 15 is 0 Å². The zero-order chi connectivity index (χ0) is 14.1. The van der Waals surface area contributed by atoms with Gasteiger partial charge in [0, 0.05) is 30.3 Å². The van der Waals surface area contributed by atoms with E-state index in [-0.39, 0.29) is 0 Å². The molecule has 1 aliphatic heterocycles. The Labute approximate surface area is 125 Å². The van der Waals surface area contributed by atoms with Crippen molar-refractivity contribution in [3.8, 4) is 0 Å². The molecule has 0 unspecified atom stereocenters. The van der Waals surface area contributed by atoms with Gasteiger partial charge in [-0.25, -0.2) is 0 Å². The van der Waals surface area contributed by atoms with Crippen molar-refractivity contribution < 1.29 is 0 Å². The number of nitrogens with zero attached hydrogens (tertiary/aromatic N) is 1. The smallest absolute Gasteiger partial charge is 0.0471 e. The number of nitrogen functional groups attached to an aromatic ring is 1. The fraction of sp³-hybridized carbons (Fsp3) is 0.294. The number of anilines is 1. The van der Waals surface area contributed by atoms with E-state index in [1.165, 1.54) is 16.7 Å². The van der Waals surface area contributed by atoms with Gasteiger partial charge in [0.1, 0.15) is 0 Å². The molecule has 0 atom stereocenters. The molecule has 1 heterocycles. The summed E-state index contributed by atoms with van der Waals surface area (Å²) in [5.41, 5.74) is 11.9. The maximum Gasteiger partial charge on any atom is 0.0471 e. The second kappa shape index (κ2) is 5.47. The van der Waals surface area contributed by atoms with Crippen LogP contribution >= 0.6 is 11.6 Å². The van der Waals surface area contributed by atoms with E-state index in [1.807, 2.05) is 18.2 Å². The van der Waals surface area contributed by atoms with E-state index in [9.17, 15) is 0 Å². The summed E-state index contributed by atoms with van der Waals surface area (Å²) in [6, 6.07) is 12.5. The summed E-state index contributed by atoms with van der Waals surface area (Å²) >= 11 is 6.27. The number of rotatable bonds is 2. The third-order valence-electron chi connectivity index (χ3n) is 3.92. The number of nitrogens with two attached hydrogens (primary N) is 1. The van der Waals surface area contributed by atoms with Crippen LogP contribution in [0.1, 0.15) is 22.3 Å². The number of halogens is 1. The van der Waals surface area contributed by atoms with Gasteiger partial charge in [-0.2, -0.15) is 0 Å². The largest absolute Gasteiger partial charge is 0.399 e. The predicted molar refractivity (Wildman–Crippen MR) is 84.9 cm³/mol. The van der Waals surface area contributed by atoms with Gasteiger partial charge in [0.05, 0.1) is 0 Å². The fourth-order valence-electron chi connectivity index (χ4n) is 2.81. The number of aryl methyl sites for hydroxylation is 1. The zero-order valence-electron chi connectivity index (χ0n) is 11.7. The molecule has 3 heteroatoms. The molecule has 2 nitrogen and oxygen atoms in total. The summed E-state index contributed by atoms with van der Waals surface area (Å²) in [5, 5.41) is 0.764. The Hall–Kier alpha value is -1.51. The van der Waals surface area contributed by atoms with E-state index in [0.29, 0.717) is 0 Å². The van der Waals surface area contributed by atoms with E-state index in [0.717, 1.165) is 42.3 Å². The highest BCUT2D eigenvalue weighted by molar-refractivity contribution is 6.31. The minimum atomic E-state index is 0.721. The molecule has 0 saturated carbocycles. The fourth-order valence-corrected chi connectivity index (χ4v) is 3.06. The van der Waals surface area contributed by atoms with Crippen LogP contribution < -0.4 is 5.73 Å². The van der Waals surface area contributed by atoms with Crippen LogP contribution in [0.2, 0.25) is 5.02 Å². The quantitative estimate of drug-likeness (QED) is 0.851. The molecule has 0 aliphatic carbocycles. The second-order valence-corrected chi connectivity index (χ2v) is 5.99. The van der Waals surface area contributed by atoms with Gasteiger partial charge in [-0.05, 0) is 42.2 Å². The van der Waals surface area contributed by atoms with Gasteiger partial charge in [-0.1, -0.05) is 41.4 Å². The van der Waals surface area contributed by atoms with Crippen molar-refractivity contribution in [3.63, 3.8) is 0 Å². The highest BCUT2D eigenvalue weighted by Crippen LogP contribution is 2.25. The van der Waals surface area contributed by atoms with Crippen LogP contribution in [0.4, 0.5) is 5.69 Å². The van der Waals surface area contributed by atoms with Crippen molar-refractivity contribution >= 4 is 17.3 Å². The first-order valence-corrected chi connectivity index (χ1v) is 7.34. The van der Waals surface area contributed by atoms with E-state index in [4.69, 9.17) is 17.3 Å². The van der Waals surface area contributed by atoms with Crippen molar-refractivity contribution in [1.82, 2.24) is 4.90 Å². The summed E-state index contributed by atoms with van der Waals surface area (Å²) in [6.07, 6.45) is 1.11. The van der Waals surface area contributed by atoms with Crippen molar-refractivity contribution in [2.24, 2.45) is 0 Å². The molecular formula is C17H19ClN2. The molecule has 2 aromatic rings. The van der Waals surface area contributed by atoms with Crippen LogP contribution in [0.5, 0.6) is 0 Å². The molecule has 0 bridgehead atoms. The third kappa shape index (κ3) is 2.82. The second-order valence-electron chi connectivity index (χ2n) is 5.58. The van der Waals surface area contributed by atoms with Crippen LogP contribution in [-0.2, 0) is 19.5 Å². The van der Waals surface area contributed by atoms with Gasteiger partial charge in [-0.15, -0.1) is 0 Å². The van der Waals surface area contributed by atoms with Gasteiger partial charge in [0.2, 0.25) is 0 Å². The molecule has 2 N–H and O–H groups in total. The maximum absolute atomic E-state index is 6.27. The molecule has 2 aromatic carbocycles. The van der Waals surface area contributed by atoms with Crippen LogP contribution in [0.25, 0.3) is 0 Å². The standard InChI is InChI=1S/C17H19ClN2/c1-12-2-3-13-6-7-20(11-15(13)8-12)10-14-4-5-16(19)9-17(14)18/h2-5,8-9H,6-7,10-11,19H2,1H3. The summed E-state index contributed by atoms with van der Waals surface area (Å²) in [6.45, 7) is 5.11. The lowest BCUT2D eigenvalue weighted by Crippen LogP contribution is -2.30. The number of fused-ring (bicyclic) bond motifs is 1. The third-order valence-corrected chi connectivity index (χ3v) is 4.28. The first-order valence-electron chi connectivity index (χ1n) is 6.96. The van der Waals surface area contributed by atoms with Crippen molar-refractivity contribution in [2.45, 2.75) is 26.4 Å². The lowest BCUT2D eigenvalue weighted by molar-refractivity contribution is 0.245. The molecule has 0 spiro atoms. The zero-order valence-corrected chi connectivity index (χ0v) is 12.5. The highest BCUT2D eigenvalue weighted by atomic mass is 35.5. The number of hydrogen-bond donors (Lipinski definition) is 1. The Morgan fingerprint density at radius 3 is 2.80 bits per heavy atom. The lowest BCUT2D eigenvalue weighted by Gasteiger charge is -2.29. The molecule has 0 aromatic heterocycles. The number of hydrogen-bond acceptors (Lipinski definition) is 2. The summed E-state index contributed by atoms with van der Waals surface area (Å²) in [7, 11) is 0. The monoisotopic (exact) mass is 286 g/mol. The van der Waals surface area contributed by atoms with Crippen LogP contribution in [-0.4, -0.2) is 11.4 Å². The first-order chi connectivity index (χ1) is 9.61. The molecule has 0 amide bonds. The minimum absolute atomic E-state index is 0.721. The van der Waals surface area contributed by atoms with E-state index < -0.39 is 0 Å². The molecule has 0 radical (unpaired) electrons. The SMILES string of the molecule is Cc1ccc2c(c1)CN(Cc1ccc(N)cc1Cl)CC2. The normalized spacial score (nSPS) is 15.1. The van der Waals surface area contributed by atoms with Crippen LogP contribution in [0, 0.1) is 6.92 Å². The van der Waals surface area contributed by atoms with Crippen molar-refractivity contribution in [1.29, 1.82) is 0 Å². The Morgan fingerprint density at radius 1 is 1.15 bits per heavy atom. The van der Waals surface area contributed by atoms with Crippen molar-refractivity contribution in [2.75, 3.05) is 12.3 Å². The molecule has 0 saturated heterocycles.